The first kappa shape index (κ1) is 25.4. The van der Waals surface area contributed by atoms with Crippen LogP contribution in [0.2, 0.25) is 0 Å². The zero-order valence-electron chi connectivity index (χ0n) is 18.8. The lowest BCUT2D eigenvalue weighted by Gasteiger charge is -2.31. The lowest BCUT2D eigenvalue weighted by Crippen LogP contribution is -2.51. The number of hydrogen-bond donors (Lipinski definition) is 1. The van der Waals surface area contributed by atoms with Gasteiger partial charge in [0.15, 0.2) is 0 Å². The molecule has 0 aromatic heterocycles. The molecule has 7 nitrogen and oxygen atoms in total. The quantitative estimate of drug-likeness (QED) is 0.381. The maximum Gasteiger partial charge on any atom is 0.269 e. The van der Waals surface area contributed by atoms with E-state index in [2.05, 4.69) is 5.32 Å². The lowest BCUT2D eigenvalue weighted by molar-refractivity contribution is -0.384. The number of carbonyl (C=O) groups is 2. The van der Waals surface area contributed by atoms with E-state index in [9.17, 15) is 19.7 Å². The van der Waals surface area contributed by atoms with Crippen LogP contribution in [0, 0.1) is 10.1 Å². The summed E-state index contributed by atoms with van der Waals surface area (Å²) < 4.78 is 0. The molecule has 8 heteroatoms. The molecule has 172 valence electrons. The first-order valence-corrected chi connectivity index (χ1v) is 11.9. The van der Waals surface area contributed by atoms with Crippen LogP contribution in [0.15, 0.2) is 54.6 Å². The normalized spacial score (nSPS) is 11.8. The van der Waals surface area contributed by atoms with Crippen molar-refractivity contribution in [2.75, 3.05) is 12.3 Å². The van der Waals surface area contributed by atoms with Crippen LogP contribution in [0.4, 0.5) is 5.69 Å². The molecule has 1 N–H and O–H groups in total. The largest absolute Gasteiger partial charge is 0.352 e. The maximum atomic E-state index is 13.1. The number of benzene rings is 2. The molecule has 2 aromatic rings. The second-order valence-corrected chi connectivity index (χ2v) is 8.81. The molecular weight excluding hydrogens is 426 g/mol. The van der Waals surface area contributed by atoms with E-state index in [0.717, 1.165) is 11.1 Å². The molecule has 1 atom stereocenters. The fraction of sp³-hybridized carbons (Fsp3) is 0.417. The first-order valence-electron chi connectivity index (χ1n) is 10.8. The van der Waals surface area contributed by atoms with Crippen LogP contribution >= 0.6 is 11.8 Å². The summed E-state index contributed by atoms with van der Waals surface area (Å²) in [5.41, 5.74) is 2.07. The molecule has 0 heterocycles. The predicted molar refractivity (Wildman–Crippen MR) is 128 cm³/mol. The SMILES string of the molecule is CC[C@H](C(=O)NC(C)C)N(CCc1ccccc1)C(=O)CSCc1ccc([N+](=O)[O-])cc1. The number of nitrogens with one attached hydrogen (secondary N) is 1. The summed E-state index contributed by atoms with van der Waals surface area (Å²) >= 11 is 1.44. The highest BCUT2D eigenvalue weighted by atomic mass is 32.2. The minimum Gasteiger partial charge on any atom is -0.352 e. The van der Waals surface area contributed by atoms with Gasteiger partial charge in [-0.15, -0.1) is 11.8 Å². The Morgan fingerprint density at radius 3 is 2.28 bits per heavy atom. The van der Waals surface area contributed by atoms with E-state index in [1.165, 1.54) is 23.9 Å². The van der Waals surface area contributed by atoms with Gasteiger partial charge in [0, 0.05) is 30.5 Å². The second kappa shape index (κ2) is 12.9. The van der Waals surface area contributed by atoms with Crippen LogP contribution in [0.25, 0.3) is 0 Å². The van der Waals surface area contributed by atoms with Crippen LogP contribution in [0.3, 0.4) is 0 Å². The Hall–Kier alpha value is -2.87. The van der Waals surface area contributed by atoms with E-state index in [0.29, 0.717) is 25.1 Å². The van der Waals surface area contributed by atoms with Gasteiger partial charge in [0.2, 0.25) is 11.8 Å². The van der Waals surface area contributed by atoms with Crippen molar-refractivity contribution >= 4 is 29.3 Å². The van der Waals surface area contributed by atoms with E-state index in [1.54, 1.807) is 17.0 Å². The molecule has 0 saturated heterocycles. The van der Waals surface area contributed by atoms with Gasteiger partial charge in [0.1, 0.15) is 6.04 Å². The van der Waals surface area contributed by atoms with Gasteiger partial charge in [-0.05, 0) is 37.8 Å². The topological polar surface area (TPSA) is 92.6 Å². The third-order valence-electron chi connectivity index (χ3n) is 4.94. The number of nitrogens with zero attached hydrogens (tertiary/aromatic N) is 2. The summed E-state index contributed by atoms with van der Waals surface area (Å²) in [7, 11) is 0. The van der Waals surface area contributed by atoms with E-state index in [1.807, 2.05) is 51.1 Å². The number of amides is 2. The average molecular weight is 458 g/mol. The maximum absolute atomic E-state index is 13.1. The smallest absolute Gasteiger partial charge is 0.269 e. The number of nitro groups is 1. The van der Waals surface area contributed by atoms with E-state index < -0.39 is 11.0 Å². The second-order valence-electron chi connectivity index (χ2n) is 7.83. The fourth-order valence-electron chi connectivity index (χ4n) is 3.33. The summed E-state index contributed by atoms with van der Waals surface area (Å²) in [5, 5.41) is 13.7. The number of non-ortho nitro benzene ring substituents is 1. The Kier molecular flexibility index (Phi) is 10.2. The Labute approximate surface area is 193 Å². The molecule has 2 rings (SSSR count). The molecule has 0 radical (unpaired) electrons. The lowest BCUT2D eigenvalue weighted by atomic mass is 10.1. The Balaban J connectivity index is 2.04. The summed E-state index contributed by atoms with van der Waals surface area (Å²) in [6.07, 6.45) is 1.21. The van der Waals surface area contributed by atoms with Crippen molar-refractivity contribution in [3.05, 3.63) is 75.8 Å². The molecule has 0 saturated carbocycles. The molecular formula is C24H31N3O4S. The van der Waals surface area contributed by atoms with E-state index in [-0.39, 0.29) is 29.3 Å². The zero-order chi connectivity index (χ0) is 23.5. The number of nitro benzene ring substituents is 1. The summed E-state index contributed by atoms with van der Waals surface area (Å²) in [5.74, 6) is 0.575. The molecule has 0 aliphatic heterocycles. The van der Waals surface area contributed by atoms with Gasteiger partial charge in [-0.2, -0.15) is 0 Å². The fourth-order valence-corrected chi connectivity index (χ4v) is 4.20. The average Bonchev–Trinajstić information content (AvgIpc) is 2.77. The Morgan fingerprint density at radius 1 is 1.06 bits per heavy atom. The molecule has 2 amide bonds. The van der Waals surface area contributed by atoms with Gasteiger partial charge in [-0.1, -0.05) is 49.4 Å². The number of carbonyl (C=O) groups excluding carboxylic acids is 2. The molecule has 2 aromatic carbocycles. The van der Waals surface area contributed by atoms with Gasteiger partial charge < -0.3 is 10.2 Å². The van der Waals surface area contributed by atoms with Crippen molar-refractivity contribution in [3.8, 4) is 0 Å². The van der Waals surface area contributed by atoms with Crippen molar-refractivity contribution in [2.24, 2.45) is 0 Å². The standard InChI is InChI=1S/C24H31N3O4S/c1-4-22(24(29)25-18(2)3)26(15-14-19-8-6-5-7-9-19)23(28)17-32-16-20-10-12-21(13-11-20)27(30)31/h5-13,18,22H,4,14-17H2,1-3H3,(H,25,29)/t22-/m1/s1. The van der Waals surface area contributed by atoms with E-state index in [4.69, 9.17) is 0 Å². The number of thioether (sulfide) groups is 1. The molecule has 0 aliphatic carbocycles. The van der Waals surface area contributed by atoms with Crippen LogP contribution in [-0.4, -0.2) is 46.0 Å². The first-order chi connectivity index (χ1) is 15.3. The predicted octanol–water partition coefficient (Wildman–Crippen LogP) is 4.20. The molecule has 0 bridgehead atoms. The summed E-state index contributed by atoms with van der Waals surface area (Å²) in [6.45, 7) is 6.18. The van der Waals surface area contributed by atoms with Crippen LogP contribution in [0.1, 0.15) is 38.3 Å². The van der Waals surface area contributed by atoms with Crippen LogP contribution < -0.4 is 5.32 Å². The Morgan fingerprint density at radius 2 is 1.72 bits per heavy atom. The molecule has 32 heavy (non-hydrogen) atoms. The minimum absolute atomic E-state index is 0.000798. The minimum atomic E-state index is -0.520. The molecule has 0 spiro atoms. The van der Waals surface area contributed by atoms with Crippen molar-refractivity contribution in [2.45, 2.75) is 51.4 Å². The van der Waals surface area contributed by atoms with Gasteiger partial charge in [0.05, 0.1) is 10.7 Å². The number of rotatable bonds is 12. The Bertz CT molecular complexity index is 888. The zero-order valence-corrected chi connectivity index (χ0v) is 19.6. The highest BCUT2D eigenvalue weighted by Crippen LogP contribution is 2.18. The molecule has 0 unspecified atom stereocenters. The highest BCUT2D eigenvalue weighted by Gasteiger charge is 2.28. The molecule has 0 fully saturated rings. The van der Waals surface area contributed by atoms with Gasteiger partial charge >= 0.3 is 0 Å². The van der Waals surface area contributed by atoms with Gasteiger partial charge in [-0.25, -0.2) is 0 Å². The summed E-state index contributed by atoms with van der Waals surface area (Å²) in [4.78, 5) is 37.9. The van der Waals surface area contributed by atoms with Crippen molar-refractivity contribution in [3.63, 3.8) is 0 Å². The third-order valence-corrected chi connectivity index (χ3v) is 5.93. The third kappa shape index (κ3) is 8.00. The monoisotopic (exact) mass is 457 g/mol. The summed E-state index contributed by atoms with van der Waals surface area (Å²) in [6, 6.07) is 15.7. The van der Waals surface area contributed by atoms with Crippen molar-refractivity contribution < 1.29 is 14.5 Å². The van der Waals surface area contributed by atoms with E-state index >= 15 is 0 Å². The molecule has 0 aliphatic rings. The highest BCUT2D eigenvalue weighted by molar-refractivity contribution is 7.99. The van der Waals surface area contributed by atoms with Gasteiger partial charge in [-0.3, -0.25) is 19.7 Å². The van der Waals surface area contributed by atoms with Crippen molar-refractivity contribution in [1.29, 1.82) is 0 Å². The van der Waals surface area contributed by atoms with Crippen LogP contribution in [-0.2, 0) is 21.8 Å². The van der Waals surface area contributed by atoms with Gasteiger partial charge in [0.25, 0.3) is 5.69 Å². The van der Waals surface area contributed by atoms with Crippen molar-refractivity contribution in [1.82, 2.24) is 10.2 Å². The van der Waals surface area contributed by atoms with Crippen LogP contribution in [0.5, 0.6) is 0 Å². The number of hydrogen-bond acceptors (Lipinski definition) is 5.